The highest BCUT2D eigenvalue weighted by Crippen LogP contribution is 2.31. The number of nitrogens with zero attached hydrogens (tertiary/aromatic N) is 1. The number of amides is 1. The summed E-state index contributed by atoms with van der Waals surface area (Å²) in [5.41, 5.74) is 1.01. The number of aryl methyl sites for hydroxylation is 1. The molecule has 8 heteroatoms. The molecule has 1 aliphatic heterocycles. The number of alkyl halides is 3. The third-order valence-corrected chi connectivity index (χ3v) is 5.63. The number of carbonyl (C=O) groups is 1. The maximum absolute atomic E-state index is 13.7. The van der Waals surface area contributed by atoms with Crippen molar-refractivity contribution in [2.75, 3.05) is 6.61 Å². The number of benzene rings is 2. The molecule has 168 valence electrons. The van der Waals surface area contributed by atoms with Crippen LogP contribution in [0.5, 0.6) is 0 Å². The van der Waals surface area contributed by atoms with Crippen LogP contribution in [0.15, 0.2) is 53.3 Å². The number of carbonyl (C=O) groups excluding carboxylic acids is 1. The fourth-order valence-corrected chi connectivity index (χ4v) is 4.17. The van der Waals surface area contributed by atoms with E-state index >= 15 is 0 Å². The minimum absolute atomic E-state index is 0.158. The molecule has 0 saturated heterocycles. The van der Waals surface area contributed by atoms with Gasteiger partial charge in [-0.1, -0.05) is 35.9 Å². The molecule has 2 heterocycles. The smallest absolute Gasteiger partial charge is 0.363 e. The summed E-state index contributed by atoms with van der Waals surface area (Å²) in [7, 11) is 0. The van der Waals surface area contributed by atoms with Gasteiger partial charge >= 0.3 is 6.18 Å². The minimum Gasteiger partial charge on any atom is -0.363 e. The highest BCUT2D eigenvalue weighted by molar-refractivity contribution is 5.83. The lowest BCUT2D eigenvalue weighted by atomic mass is 9.97. The second-order valence-corrected chi connectivity index (χ2v) is 8.13. The Labute approximate surface area is 182 Å². The Morgan fingerprint density at radius 2 is 1.97 bits per heavy atom. The van der Waals surface area contributed by atoms with Gasteiger partial charge in [0.25, 0.3) is 5.91 Å². The lowest BCUT2D eigenvalue weighted by Gasteiger charge is -2.27. The molecule has 32 heavy (non-hydrogen) atoms. The van der Waals surface area contributed by atoms with Crippen LogP contribution in [0.25, 0.3) is 10.9 Å². The van der Waals surface area contributed by atoms with E-state index in [0.29, 0.717) is 19.1 Å². The number of aromatic nitrogens is 1. The maximum Gasteiger partial charge on any atom is 0.431 e. The summed E-state index contributed by atoms with van der Waals surface area (Å²) in [5, 5.41) is 2.99. The van der Waals surface area contributed by atoms with Gasteiger partial charge in [-0.15, -0.1) is 0 Å². The van der Waals surface area contributed by atoms with Crippen molar-refractivity contribution in [1.82, 2.24) is 9.88 Å². The molecule has 0 saturated carbocycles. The normalized spacial score (nSPS) is 17.1. The Hall–Kier alpha value is -3.13. The molecule has 1 aromatic heterocycles. The van der Waals surface area contributed by atoms with Crippen LogP contribution in [-0.4, -0.2) is 23.1 Å². The van der Waals surface area contributed by atoms with Gasteiger partial charge in [-0.2, -0.15) is 13.2 Å². The Morgan fingerprint density at radius 3 is 2.72 bits per heavy atom. The van der Waals surface area contributed by atoms with Gasteiger partial charge in [0.1, 0.15) is 5.69 Å². The van der Waals surface area contributed by atoms with Crippen molar-refractivity contribution in [1.29, 1.82) is 0 Å². The first-order valence-electron chi connectivity index (χ1n) is 10.4. The van der Waals surface area contributed by atoms with E-state index in [1.54, 1.807) is 26.0 Å². The third-order valence-electron chi connectivity index (χ3n) is 5.63. The summed E-state index contributed by atoms with van der Waals surface area (Å²) in [4.78, 5) is 25.2. The van der Waals surface area contributed by atoms with Crippen LogP contribution in [0.4, 0.5) is 13.2 Å². The third kappa shape index (κ3) is 4.27. The van der Waals surface area contributed by atoms with Gasteiger partial charge in [0.15, 0.2) is 11.5 Å². The highest BCUT2D eigenvalue weighted by atomic mass is 19.4. The largest absolute Gasteiger partial charge is 0.431 e. The van der Waals surface area contributed by atoms with Gasteiger partial charge in [0, 0.05) is 24.0 Å². The minimum atomic E-state index is -4.71. The first kappa shape index (κ1) is 22.1. The topological polar surface area (TPSA) is 60.3 Å². The van der Waals surface area contributed by atoms with E-state index in [0.717, 1.165) is 21.3 Å². The molecular weight excluding hydrogens is 421 g/mol. The molecule has 0 radical (unpaired) electrons. The van der Waals surface area contributed by atoms with Crippen molar-refractivity contribution in [3.63, 3.8) is 0 Å². The average Bonchev–Trinajstić information content (AvgIpc) is 2.74. The predicted octanol–water partition coefficient (Wildman–Crippen LogP) is 4.15. The number of fused-ring (bicyclic) bond motifs is 2. The molecule has 1 amide bonds. The number of halogens is 3. The molecule has 3 aromatic rings. The SMILES string of the molecule is Cc1ccc2c(c1)c(=O)cc(C(F)(F)F)n2C[C@@H](C)NC(=O)C1OCCc2ccccc21. The van der Waals surface area contributed by atoms with Gasteiger partial charge in [-0.05, 0) is 43.5 Å². The molecule has 1 aliphatic rings. The van der Waals surface area contributed by atoms with Crippen molar-refractivity contribution >= 4 is 16.8 Å². The van der Waals surface area contributed by atoms with Crippen LogP contribution in [0, 0.1) is 6.92 Å². The van der Waals surface area contributed by atoms with E-state index in [1.807, 2.05) is 24.3 Å². The van der Waals surface area contributed by atoms with Crippen LogP contribution in [0.3, 0.4) is 0 Å². The summed E-state index contributed by atoms with van der Waals surface area (Å²) in [6.07, 6.45) is -4.82. The Bertz CT molecular complexity index is 1230. The first-order valence-corrected chi connectivity index (χ1v) is 10.4. The fraction of sp³-hybridized carbons (Fsp3) is 0.333. The van der Waals surface area contributed by atoms with E-state index in [2.05, 4.69) is 5.32 Å². The fourth-order valence-electron chi connectivity index (χ4n) is 4.17. The predicted molar refractivity (Wildman–Crippen MR) is 114 cm³/mol. The number of ether oxygens (including phenoxy) is 1. The van der Waals surface area contributed by atoms with Crippen LogP contribution < -0.4 is 10.7 Å². The van der Waals surface area contributed by atoms with Gasteiger partial charge in [-0.25, -0.2) is 0 Å². The van der Waals surface area contributed by atoms with Gasteiger partial charge in [0.2, 0.25) is 0 Å². The molecule has 2 atom stereocenters. The van der Waals surface area contributed by atoms with Crippen molar-refractivity contribution in [3.8, 4) is 0 Å². The van der Waals surface area contributed by atoms with Crippen molar-refractivity contribution < 1.29 is 22.7 Å². The molecule has 1 N–H and O–H groups in total. The molecule has 0 spiro atoms. The Kier molecular flexibility index (Phi) is 5.81. The number of rotatable bonds is 4. The second-order valence-electron chi connectivity index (χ2n) is 8.13. The van der Waals surface area contributed by atoms with Crippen molar-refractivity contribution in [2.24, 2.45) is 0 Å². The molecule has 5 nitrogen and oxygen atoms in total. The lowest BCUT2D eigenvalue weighted by molar-refractivity contribution is -0.143. The van der Waals surface area contributed by atoms with Gasteiger partial charge in [0.05, 0.1) is 12.1 Å². The van der Waals surface area contributed by atoms with Crippen LogP contribution in [0.1, 0.15) is 35.4 Å². The van der Waals surface area contributed by atoms with Crippen molar-refractivity contribution in [3.05, 3.63) is 81.1 Å². The van der Waals surface area contributed by atoms with Crippen LogP contribution in [0.2, 0.25) is 0 Å². The van der Waals surface area contributed by atoms with E-state index in [4.69, 9.17) is 4.74 Å². The molecule has 4 rings (SSSR count). The van der Waals surface area contributed by atoms with E-state index in [9.17, 15) is 22.8 Å². The summed E-state index contributed by atoms with van der Waals surface area (Å²) < 4.78 is 47.9. The van der Waals surface area contributed by atoms with Crippen LogP contribution in [-0.2, 0) is 28.7 Å². The summed E-state index contributed by atoms with van der Waals surface area (Å²) in [5.74, 6) is -0.403. The van der Waals surface area contributed by atoms with Gasteiger partial charge in [-0.3, -0.25) is 9.59 Å². The van der Waals surface area contributed by atoms with Gasteiger partial charge < -0.3 is 14.6 Å². The number of hydrogen-bond acceptors (Lipinski definition) is 3. The Balaban J connectivity index is 1.64. The summed E-state index contributed by atoms with van der Waals surface area (Å²) in [6, 6.07) is 12.2. The lowest BCUT2D eigenvalue weighted by Crippen LogP contribution is -2.41. The number of nitrogens with one attached hydrogen (secondary N) is 1. The molecule has 0 bridgehead atoms. The zero-order valence-corrected chi connectivity index (χ0v) is 17.7. The zero-order valence-electron chi connectivity index (χ0n) is 17.7. The highest BCUT2D eigenvalue weighted by Gasteiger charge is 2.36. The van der Waals surface area contributed by atoms with E-state index in [1.165, 1.54) is 6.07 Å². The monoisotopic (exact) mass is 444 g/mol. The first-order chi connectivity index (χ1) is 15.1. The number of hydrogen-bond donors (Lipinski definition) is 1. The van der Waals surface area contributed by atoms with E-state index < -0.39 is 35.4 Å². The molecule has 1 unspecified atom stereocenters. The average molecular weight is 444 g/mol. The second kappa shape index (κ2) is 8.43. The molecule has 2 aromatic carbocycles. The van der Waals surface area contributed by atoms with E-state index in [-0.39, 0.29) is 17.4 Å². The zero-order chi connectivity index (χ0) is 23.0. The Morgan fingerprint density at radius 1 is 1.22 bits per heavy atom. The van der Waals surface area contributed by atoms with Crippen LogP contribution >= 0.6 is 0 Å². The number of pyridine rings is 1. The summed E-state index contributed by atoms with van der Waals surface area (Å²) >= 11 is 0. The van der Waals surface area contributed by atoms with Crippen molar-refractivity contribution in [2.45, 2.75) is 45.1 Å². The quantitative estimate of drug-likeness (QED) is 0.658. The standard InChI is InChI=1S/C24H23F3N2O3/c1-14-7-8-19-18(11-14)20(30)12-21(24(25,26)27)29(19)13-15(2)28-23(31)22-17-6-4-3-5-16(17)9-10-32-22/h3-8,11-12,15,22H,9-10,13H2,1-2H3,(H,28,31)/t15-,22?/m1/s1. The molecular formula is C24H23F3N2O3. The molecule has 0 fully saturated rings. The maximum atomic E-state index is 13.7. The summed E-state index contributed by atoms with van der Waals surface area (Å²) in [6.45, 7) is 3.64. The molecule has 0 aliphatic carbocycles.